The Balaban J connectivity index is 1.92. The first-order chi connectivity index (χ1) is 13.9. The Morgan fingerprint density at radius 2 is 1.97 bits per heavy atom. The number of hydrogen-bond donors (Lipinski definition) is 0. The summed E-state index contributed by atoms with van der Waals surface area (Å²) >= 11 is 0.296. The normalized spacial score (nSPS) is 18.2. The molecule has 3 aromatic heterocycles. The second-order valence-electron chi connectivity index (χ2n) is 6.54. The van der Waals surface area contributed by atoms with E-state index in [-0.39, 0.29) is 37.5 Å². The lowest BCUT2D eigenvalue weighted by atomic mass is 10.1. The van der Waals surface area contributed by atoms with Crippen LogP contribution in [0.3, 0.4) is 0 Å². The molecule has 0 saturated heterocycles. The predicted octanol–water partition coefficient (Wildman–Crippen LogP) is 5.59. The average molecular weight is 486 g/mol. The zero-order valence-electron chi connectivity index (χ0n) is 15.4. The van der Waals surface area contributed by atoms with Crippen molar-refractivity contribution in [2.75, 3.05) is 11.5 Å². The van der Waals surface area contributed by atoms with E-state index >= 15 is 0 Å². The Bertz CT molecular complexity index is 1120. The molecule has 1 aliphatic rings. The second-order valence-corrected chi connectivity index (χ2v) is 10.3. The summed E-state index contributed by atoms with van der Waals surface area (Å²) in [6, 6.07) is 0.795. The van der Waals surface area contributed by atoms with Crippen LogP contribution in [-0.4, -0.2) is 36.8 Å². The molecule has 0 radical (unpaired) electrons. The maximum Gasteiger partial charge on any atom is 0.433 e. The summed E-state index contributed by atoms with van der Waals surface area (Å²) in [5, 5.41) is 0. The summed E-state index contributed by atoms with van der Waals surface area (Å²) in [4.78, 5) is 8.65. The van der Waals surface area contributed by atoms with Crippen LogP contribution in [0.25, 0.3) is 21.7 Å². The number of fused-ring (bicyclic) bond motifs is 2. The van der Waals surface area contributed by atoms with Crippen molar-refractivity contribution in [3.8, 4) is 10.7 Å². The second kappa shape index (κ2) is 7.31. The van der Waals surface area contributed by atoms with Crippen LogP contribution < -0.4 is 0 Å². The highest BCUT2D eigenvalue weighted by atomic mass is 32.2. The van der Waals surface area contributed by atoms with Crippen LogP contribution in [-0.2, 0) is 24.4 Å². The van der Waals surface area contributed by atoms with Crippen LogP contribution in [0.15, 0.2) is 22.1 Å². The number of pyridine rings is 1. The first-order valence-corrected chi connectivity index (χ1v) is 11.7. The van der Waals surface area contributed by atoms with Gasteiger partial charge in [-0.3, -0.25) is 0 Å². The molecule has 0 bridgehead atoms. The molecule has 4 nitrogen and oxygen atoms in total. The Kier molecular flexibility index (Phi) is 5.31. The molecule has 13 heteroatoms. The SMILES string of the molecule is CC[S+]([O-])c1c(-c2nc3cc(C(F)(F)F)ncc3n2C)sc2c1SCC2C(F)(F)F. The quantitative estimate of drug-likeness (QED) is 0.358. The number of hydrogen-bond acceptors (Lipinski definition) is 5. The van der Waals surface area contributed by atoms with Gasteiger partial charge < -0.3 is 9.12 Å². The highest BCUT2D eigenvalue weighted by molar-refractivity contribution is 8.01. The largest absolute Gasteiger partial charge is 0.611 e. The zero-order chi connectivity index (χ0) is 22.0. The Hall–Kier alpha value is -1.44. The van der Waals surface area contributed by atoms with Gasteiger partial charge in [-0.1, -0.05) is 0 Å². The standard InChI is InChI=1S/C17H13F6N3OS3/c1-3-30(27)14-12-11(7(6-28-12)16(18,19)20)29-13(14)15-25-8-4-10(17(21,22)23)24-5-9(8)26(15)2/h4-5,7H,3,6H2,1-2H3. The number of thioether (sulfide) groups is 1. The number of aromatic nitrogens is 3. The van der Waals surface area contributed by atoms with E-state index in [0.29, 0.717) is 10.4 Å². The van der Waals surface area contributed by atoms with Gasteiger partial charge in [0.2, 0.25) is 0 Å². The van der Waals surface area contributed by atoms with Gasteiger partial charge in [0.1, 0.15) is 16.3 Å². The van der Waals surface area contributed by atoms with Crippen molar-refractivity contribution in [3.63, 3.8) is 0 Å². The van der Waals surface area contributed by atoms with Crippen LogP contribution in [0.1, 0.15) is 23.4 Å². The Morgan fingerprint density at radius 1 is 1.27 bits per heavy atom. The topological polar surface area (TPSA) is 53.8 Å². The minimum Gasteiger partial charge on any atom is -0.611 e. The molecule has 0 spiro atoms. The fourth-order valence-corrected chi connectivity index (χ4v) is 7.96. The Morgan fingerprint density at radius 3 is 2.57 bits per heavy atom. The summed E-state index contributed by atoms with van der Waals surface area (Å²) < 4.78 is 93.5. The van der Waals surface area contributed by atoms with Crippen LogP contribution in [0, 0.1) is 0 Å². The molecule has 162 valence electrons. The maximum atomic E-state index is 13.5. The molecule has 0 aliphatic carbocycles. The summed E-state index contributed by atoms with van der Waals surface area (Å²) in [7, 11) is 1.54. The third-order valence-electron chi connectivity index (χ3n) is 4.70. The van der Waals surface area contributed by atoms with Crippen molar-refractivity contribution < 1.29 is 30.9 Å². The Labute approximate surface area is 177 Å². The van der Waals surface area contributed by atoms with E-state index in [4.69, 9.17) is 0 Å². The highest BCUT2D eigenvalue weighted by Gasteiger charge is 2.49. The first kappa shape index (κ1) is 21.8. The summed E-state index contributed by atoms with van der Waals surface area (Å²) in [6.07, 6.45) is -8.07. The molecule has 2 unspecified atom stereocenters. The number of aryl methyl sites for hydroxylation is 1. The average Bonchev–Trinajstić information content (AvgIpc) is 3.30. The van der Waals surface area contributed by atoms with E-state index < -0.39 is 35.1 Å². The maximum absolute atomic E-state index is 13.5. The van der Waals surface area contributed by atoms with Crippen molar-refractivity contribution >= 4 is 45.3 Å². The molecular formula is C17H13F6N3OS3. The third-order valence-corrected chi connectivity index (χ3v) is 8.99. The van der Waals surface area contributed by atoms with E-state index in [2.05, 4.69) is 9.97 Å². The van der Waals surface area contributed by atoms with E-state index in [9.17, 15) is 30.9 Å². The molecule has 4 rings (SSSR count). The summed E-state index contributed by atoms with van der Waals surface area (Å²) in [5.74, 6) is -1.49. The van der Waals surface area contributed by atoms with Crippen LogP contribution in [0.2, 0.25) is 0 Å². The van der Waals surface area contributed by atoms with Gasteiger partial charge in [0.15, 0.2) is 10.7 Å². The van der Waals surface area contributed by atoms with Gasteiger partial charge in [-0.25, -0.2) is 9.97 Å². The highest BCUT2D eigenvalue weighted by Crippen LogP contribution is 2.56. The molecule has 2 atom stereocenters. The molecule has 1 aliphatic heterocycles. The number of rotatable bonds is 3. The lowest BCUT2D eigenvalue weighted by Gasteiger charge is -2.13. The molecule has 0 aromatic carbocycles. The minimum absolute atomic E-state index is 0.0108. The smallest absolute Gasteiger partial charge is 0.433 e. The third kappa shape index (κ3) is 3.49. The number of thiophene rings is 1. The van der Waals surface area contributed by atoms with Crippen molar-refractivity contribution in [1.29, 1.82) is 0 Å². The van der Waals surface area contributed by atoms with Gasteiger partial charge in [-0.2, -0.15) is 26.3 Å². The number of imidazole rings is 1. The van der Waals surface area contributed by atoms with Crippen molar-refractivity contribution in [3.05, 3.63) is 22.8 Å². The van der Waals surface area contributed by atoms with Gasteiger partial charge in [0.05, 0.1) is 28.0 Å². The van der Waals surface area contributed by atoms with Gasteiger partial charge in [0.25, 0.3) is 0 Å². The number of alkyl halides is 6. The van der Waals surface area contributed by atoms with Crippen LogP contribution >= 0.6 is 23.1 Å². The van der Waals surface area contributed by atoms with Crippen molar-refractivity contribution in [1.82, 2.24) is 14.5 Å². The zero-order valence-corrected chi connectivity index (χ0v) is 17.8. The van der Waals surface area contributed by atoms with E-state index in [1.807, 2.05) is 0 Å². The molecule has 0 saturated carbocycles. The first-order valence-electron chi connectivity index (χ1n) is 8.58. The monoisotopic (exact) mass is 485 g/mol. The van der Waals surface area contributed by atoms with Crippen molar-refractivity contribution in [2.24, 2.45) is 7.05 Å². The van der Waals surface area contributed by atoms with E-state index in [0.717, 1.165) is 35.4 Å². The molecule has 0 amide bonds. The summed E-state index contributed by atoms with van der Waals surface area (Å²) in [6.45, 7) is 1.65. The number of halogens is 6. The van der Waals surface area contributed by atoms with Gasteiger partial charge in [-0.05, 0) is 24.2 Å². The van der Waals surface area contributed by atoms with E-state index in [1.165, 1.54) is 11.6 Å². The molecule has 30 heavy (non-hydrogen) atoms. The molecule has 0 fully saturated rings. The lowest BCUT2D eigenvalue weighted by molar-refractivity contribution is -0.144. The fourth-order valence-electron chi connectivity index (χ4n) is 3.21. The molecule has 0 N–H and O–H groups in total. The predicted molar refractivity (Wildman–Crippen MR) is 103 cm³/mol. The lowest BCUT2D eigenvalue weighted by Crippen LogP contribution is -2.19. The van der Waals surface area contributed by atoms with Crippen LogP contribution in [0.4, 0.5) is 26.3 Å². The van der Waals surface area contributed by atoms with Crippen molar-refractivity contribution in [2.45, 2.75) is 35.0 Å². The molecular weight excluding hydrogens is 472 g/mol. The number of nitrogens with zero attached hydrogens (tertiary/aromatic N) is 3. The minimum atomic E-state index is -4.65. The van der Waals surface area contributed by atoms with Gasteiger partial charge in [0, 0.05) is 17.7 Å². The van der Waals surface area contributed by atoms with Crippen LogP contribution in [0.5, 0.6) is 0 Å². The molecule has 3 aromatic rings. The fraction of sp³-hybridized carbons (Fsp3) is 0.412. The van der Waals surface area contributed by atoms with E-state index in [1.54, 1.807) is 6.92 Å². The van der Waals surface area contributed by atoms with Gasteiger partial charge in [-0.15, -0.1) is 23.1 Å². The van der Waals surface area contributed by atoms with Gasteiger partial charge >= 0.3 is 12.4 Å². The molecule has 4 heterocycles. The summed E-state index contributed by atoms with van der Waals surface area (Å²) in [5.41, 5.74) is -0.810.